The number of hydrogen-bond donors (Lipinski definition) is 1. The molecule has 1 atom stereocenters. The first-order valence-electron chi connectivity index (χ1n) is 8.57. The molecule has 1 aromatic carbocycles. The Bertz CT molecular complexity index is 929. The third kappa shape index (κ3) is 2.57. The van der Waals surface area contributed by atoms with Gasteiger partial charge in [-0.15, -0.1) is 0 Å². The number of piperidine rings is 1. The van der Waals surface area contributed by atoms with Gasteiger partial charge in [-0.25, -0.2) is 13.2 Å². The number of anilines is 1. The van der Waals surface area contributed by atoms with E-state index in [4.69, 9.17) is 4.74 Å². The quantitative estimate of drug-likeness (QED) is 0.571. The number of fused-ring (bicyclic) bond motifs is 1. The van der Waals surface area contributed by atoms with E-state index in [1.165, 1.54) is 4.90 Å². The maximum absolute atomic E-state index is 14.6. The number of imide groups is 2. The number of ether oxygens (including phenoxy) is 1. The Balaban J connectivity index is 1.84. The molecular weight excluding hydrogens is 383 g/mol. The molecule has 0 spiro atoms. The molecule has 0 aliphatic carbocycles. The zero-order chi connectivity index (χ0) is 20.2. The number of halogens is 3. The number of rotatable bonds is 2. The average Bonchev–Trinajstić information content (AvgIpc) is 2.92. The Kier molecular flexibility index (Phi) is 4.33. The number of carbonyl (C=O) groups excluding carboxylic acids is 4. The van der Waals surface area contributed by atoms with Crippen LogP contribution >= 0.6 is 0 Å². The number of carbonyl (C=O) groups is 4. The van der Waals surface area contributed by atoms with Crippen LogP contribution in [0.25, 0.3) is 0 Å². The van der Waals surface area contributed by atoms with Crippen molar-refractivity contribution in [1.29, 1.82) is 0 Å². The highest BCUT2D eigenvalue weighted by Crippen LogP contribution is 2.39. The fourth-order valence-corrected chi connectivity index (χ4v) is 3.69. The van der Waals surface area contributed by atoms with Crippen molar-refractivity contribution in [3.8, 4) is 0 Å². The molecule has 3 aliphatic rings. The summed E-state index contributed by atoms with van der Waals surface area (Å²) >= 11 is 0. The topological polar surface area (TPSA) is 96.0 Å². The van der Waals surface area contributed by atoms with Gasteiger partial charge in [0.25, 0.3) is 11.8 Å². The number of hydrogen-bond acceptors (Lipinski definition) is 6. The lowest BCUT2D eigenvalue weighted by Gasteiger charge is -2.31. The summed E-state index contributed by atoms with van der Waals surface area (Å²) in [6, 6.07) is -1.37. The first-order chi connectivity index (χ1) is 13.3. The number of amides is 4. The third-order valence-corrected chi connectivity index (χ3v) is 5.01. The van der Waals surface area contributed by atoms with Gasteiger partial charge in [-0.3, -0.25) is 29.4 Å². The summed E-state index contributed by atoms with van der Waals surface area (Å²) in [5.41, 5.74) is -2.05. The van der Waals surface area contributed by atoms with E-state index in [9.17, 15) is 32.3 Å². The molecule has 4 rings (SSSR count). The third-order valence-electron chi connectivity index (χ3n) is 5.01. The predicted molar refractivity (Wildman–Crippen MR) is 86.0 cm³/mol. The molecule has 1 unspecified atom stereocenters. The van der Waals surface area contributed by atoms with Crippen molar-refractivity contribution in [2.24, 2.45) is 0 Å². The number of nitrogens with one attached hydrogen (secondary N) is 1. The predicted octanol–water partition coefficient (Wildman–Crippen LogP) is 0.342. The Labute approximate surface area is 156 Å². The maximum Gasteiger partial charge on any atom is 0.265 e. The van der Waals surface area contributed by atoms with Crippen LogP contribution in [0.1, 0.15) is 33.6 Å². The van der Waals surface area contributed by atoms with Crippen LogP contribution < -0.4 is 10.2 Å². The van der Waals surface area contributed by atoms with Gasteiger partial charge in [0.2, 0.25) is 11.8 Å². The van der Waals surface area contributed by atoms with Gasteiger partial charge in [0.1, 0.15) is 6.04 Å². The highest BCUT2D eigenvalue weighted by Gasteiger charge is 2.49. The van der Waals surface area contributed by atoms with E-state index in [2.05, 4.69) is 0 Å². The van der Waals surface area contributed by atoms with Crippen LogP contribution in [0.3, 0.4) is 0 Å². The van der Waals surface area contributed by atoms with Crippen LogP contribution in [0, 0.1) is 17.5 Å². The molecule has 0 saturated carbocycles. The van der Waals surface area contributed by atoms with Crippen LogP contribution in [0.4, 0.5) is 18.9 Å². The van der Waals surface area contributed by atoms with Crippen LogP contribution in [-0.2, 0) is 14.3 Å². The van der Waals surface area contributed by atoms with Gasteiger partial charge in [0, 0.05) is 19.5 Å². The van der Waals surface area contributed by atoms with E-state index in [-0.39, 0.29) is 39.1 Å². The smallest absolute Gasteiger partial charge is 0.265 e. The molecular formula is C17H14F3N3O5. The SMILES string of the molecule is O=C1CCC(N2C(=O)c3c(F)c(F)c(F)c(N4CCOCC4)c3C2=O)C(=O)N1. The minimum atomic E-state index is -1.87. The highest BCUT2D eigenvalue weighted by atomic mass is 19.2. The summed E-state index contributed by atoms with van der Waals surface area (Å²) in [6.07, 6.45) is -0.291. The lowest BCUT2D eigenvalue weighted by Crippen LogP contribution is -2.54. The monoisotopic (exact) mass is 397 g/mol. The molecule has 148 valence electrons. The Hall–Kier alpha value is -2.95. The van der Waals surface area contributed by atoms with Crippen molar-refractivity contribution < 1.29 is 37.1 Å². The Morgan fingerprint density at radius 2 is 1.54 bits per heavy atom. The normalized spacial score (nSPS) is 22.6. The molecule has 28 heavy (non-hydrogen) atoms. The second-order valence-corrected chi connectivity index (χ2v) is 6.59. The van der Waals surface area contributed by atoms with Crippen molar-refractivity contribution in [3.05, 3.63) is 28.6 Å². The molecule has 1 aromatic rings. The van der Waals surface area contributed by atoms with Crippen LogP contribution in [-0.4, -0.2) is 60.9 Å². The van der Waals surface area contributed by atoms with Gasteiger partial charge in [0.05, 0.1) is 30.0 Å². The van der Waals surface area contributed by atoms with Crippen molar-refractivity contribution >= 4 is 29.3 Å². The van der Waals surface area contributed by atoms with Gasteiger partial charge < -0.3 is 9.64 Å². The van der Waals surface area contributed by atoms with Crippen LogP contribution in [0.2, 0.25) is 0 Å². The molecule has 2 fully saturated rings. The fourth-order valence-electron chi connectivity index (χ4n) is 3.69. The van der Waals surface area contributed by atoms with E-state index >= 15 is 0 Å². The number of nitrogens with zero attached hydrogens (tertiary/aromatic N) is 2. The molecule has 3 heterocycles. The Morgan fingerprint density at radius 1 is 0.893 bits per heavy atom. The second-order valence-electron chi connectivity index (χ2n) is 6.59. The first kappa shape index (κ1) is 18.4. The summed E-state index contributed by atoms with van der Waals surface area (Å²) in [7, 11) is 0. The van der Waals surface area contributed by atoms with Crippen molar-refractivity contribution in [1.82, 2.24) is 10.2 Å². The molecule has 4 amide bonds. The molecule has 2 saturated heterocycles. The van der Waals surface area contributed by atoms with E-state index in [1.54, 1.807) is 0 Å². The van der Waals surface area contributed by atoms with E-state index in [0.717, 1.165) is 0 Å². The van der Waals surface area contributed by atoms with Gasteiger partial charge in [-0.2, -0.15) is 0 Å². The summed E-state index contributed by atoms with van der Waals surface area (Å²) < 4.78 is 48.3. The summed E-state index contributed by atoms with van der Waals surface area (Å²) in [5.74, 6) is -9.04. The minimum Gasteiger partial charge on any atom is -0.378 e. The maximum atomic E-state index is 14.6. The fraction of sp³-hybridized carbons (Fsp3) is 0.412. The van der Waals surface area contributed by atoms with E-state index in [0.29, 0.717) is 4.90 Å². The molecule has 0 aromatic heterocycles. The number of benzene rings is 1. The van der Waals surface area contributed by atoms with Crippen molar-refractivity contribution in [2.45, 2.75) is 18.9 Å². The average molecular weight is 397 g/mol. The van der Waals surface area contributed by atoms with Crippen molar-refractivity contribution in [3.63, 3.8) is 0 Å². The van der Waals surface area contributed by atoms with Gasteiger partial charge in [-0.05, 0) is 6.42 Å². The number of morpholine rings is 1. The standard InChI is InChI=1S/C17H14F3N3O5/c18-11-9-10(14(13(20)12(11)19)22-3-5-28-6-4-22)17(27)23(16(9)26)7-1-2-8(24)21-15(7)25/h7H,1-6H2,(H,21,24,25). The van der Waals surface area contributed by atoms with Crippen molar-refractivity contribution in [2.75, 3.05) is 31.2 Å². The Morgan fingerprint density at radius 3 is 2.18 bits per heavy atom. The summed E-state index contributed by atoms with van der Waals surface area (Å²) in [5, 5.41) is 2.00. The van der Waals surface area contributed by atoms with E-state index < -0.39 is 63.9 Å². The zero-order valence-electron chi connectivity index (χ0n) is 14.4. The van der Waals surface area contributed by atoms with Crippen LogP contribution in [0.15, 0.2) is 0 Å². The molecule has 3 aliphatic heterocycles. The molecule has 8 nitrogen and oxygen atoms in total. The second kappa shape index (κ2) is 6.59. The molecule has 0 bridgehead atoms. The lowest BCUT2D eigenvalue weighted by atomic mass is 10.0. The summed E-state index contributed by atoms with van der Waals surface area (Å²) in [6.45, 7) is 0.557. The molecule has 0 radical (unpaired) electrons. The van der Waals surface area contributed by atoms with Gasteiger partial charge in [0.15, 0.2) is 17.5 Å². The largest absolute Gasteiger partial charge is 0.378 e. The van der Waals surface area contributed by atoms with Gasteiger partial charge in [-0.1, -0.05) is 0 Å². The van der Waals surface area contributed by atoms with Crippen LogP contribution in [0.5, 0.6) is 0 Å². The molecule has 11 heteroatoms. The highest BCUT2D eigenvalue weighted by molar-refractivity contribution is 6.25. The molecule has 1 N–H and O–H groups in total. The van der Waals surface area contributed by atoms with Gasteiger partial charge >= 0.3 is 0 Å². The summed E-state index contributed by atoms with van der Waals surface area (Å²) in [4.78, 5) is 50.8. The zero-order valence-corrected chi connectivity index (χ0v) is 14.4. The lowest BCUT2D eigenvalue weighted by molar-refractivity contribution is -0.136. The minimum absolute atomic E-state index is 0.105. The first-order valence-corrected chi connectivity index (χ1v) is 8.57. The van der Waals surface area contributed by atoms with E-state index in [1.807, 2.05) is 5.32 Å².